The van der Waals surface area contributed by atoms with Crippen molar-refractivity contribution >= 4 is 5.69 Å². The lowest BCUT2D eigenvalue weighted by Crippen LogP contribution is -2.38. The van der Waals surface area contributed by atoms with Crippen molar-refractivity contribution < 1.29 is 4.39 Å². The zero-order chi connectivity index (χ0) is 12.0. The van der Waals surface area contributed by atoms with E-state index in [0.717, 1.165) is 12.2 Å². The van der Waals surface area contributed by atoms with Crippen LogP contribution >= 0.6 is 0 Å². The average Bonchev–Trinajstić information content (AvgIpc) is 2.28. The van der Waals surface area contributed by atoms with Gasteiger partial charge in [-0.05, 0) is 24.7 Å². The highest BCUT2D eigenvalue weighted by atomic mass is 19.1. The smallest absolute Gasteiger partial charge is 0.125 e. The zero-order valence-corrected chi connectivity index (χ0v) is 9.57. The maximum atomic E-state index is 13.0. The number of likely N-dealkylation sites (N-methyl/N-ethyl adjacent to an activating group) is 2. The standard InChI is InChI=1S/C12H16FN3/c1-3-15-11(8-14)9-16(2)12-6-4-5-10(13)7-12/h4-7,11,15H,3,9H2,1-2H3. The highest BCUT2D eigenvalue weighted by Crippen LogP contribution is 2.13. The molecule has 0 aromatic heterocycles. The Morgan fingerprint density at radius 1 is 1.56 bits per heavy atom. The maximum absolute atomic E-state index is 13.0. The molecule has 0 saturated heterocycles. The van der Waals surface area contributed by atoms with Crippen molar-refractivity contribution in [2.75, 3.05) is 25.0 Å². The summed E-state index contributed by atoms with van der Waals surface area (Å²) in [5.74, 6) is -0.263. The van der Waals surface area contributed by atoms with Gasteiger partial charge in [-0.25, -0.2) is 4.39 Å². The minimum atomic E-state index is -0.263. The first-order valence-electron chi connectivity index (χ1n) is 5.27. The molecule has 86 valence electrons. The van der Waals surface area contributed by atoms with E-state index in [1.807, 2.05) is 24.9 Å². The van der Waals surface area contributed by atoms with Crippen LogP contribution in [-0.4, -0.2) is 26.2 Å². The summed E-state index contributed by atoms with van der Waals surface area (Å²) in [5, 5.41) is 11.9. The van der Waals surface area contributed by atoms with Crippen LogP contribution in [0.3, 0.4) is 0 Å². The lowest BCUT2D eigenvalue weighted by Gasteiger charge is -2.22. The number of hydrogen-bond donors (Lipinski definition) is 1. The molecule has 1 rings (SSSR count). The molecule has 1 N–H and O–H groups in total. The first kappa shape index (κ1) is 12.5. The van der Waals surface area contributed by atoms with E-state index in [4.69, 9.17) is 5.26 Å². The van der Waals surface area contributed by atoms with Crippen LogP contribution in [0.5, 0.6) is 0 Å². The van der Waals surface area contributed by atoms with Crippen LogP contribution in [0, 0.1) is 17.1 Å². The third kappa shape index (κ3) is 3.52. The summed E-state index contributed by atoms with van der Waals surface area (Å²) in [6, 6.07) is 8.28. The molecule has 1 aromatic carbocycles. The second-order valence-electron chi connectivity index (χ2n) is 3.60. The molecule has 0 heterocycles. The predicted molar refractivity (Wildman–Crippen MR) is 62.7 cm³/mol. The molecule has 3 nitrogen and oxygen atoms in total. The Hall–Kier alpha value is -1.60. The van der Waals surface area contributed by atoms with Crippen LogP contribution in [0.4, 0.5) is 10.1 Å². The molecule has 16 heavy (non-hydrogen) atoms. The molecule has 0 fully saturated rings. The Kier molecular flexibility index (Phi) is 4.74. The highest BCUT2D eigenvalue weighted by molar-refractivity contribution is 5.46. The van der Waals surface area contributed by atoms with E-state index in [-0.39, 0.29) is 11.9 Å². The lowest BCUT2D eigenvalue weighted by atomic mass is 10.2. The fraction of sp³-hybridized carbons (Fsp3) is 0.417. The van der Waals surface area contributed by atoms with Crippen molar-refractivity contribution in [3.63, 3.8) is 0 Å². The van der Waals surface area contributed by atoms with Crippen LogP contribution in [0.2, 0.25) is 0 Å². The number of rotatable bonds is 5. The Bertz CT molecular complexity index is 373. The highest BCUT2D eigenvalue weighted by Gasteiger charge is 2.09. The molecule has 0 aliphatic heterocycles. The van der Waals surface area contributed by atoms with Crippen LogP contribution in [0.1, 0.15) is 6.92 Å². The summed E-state index contributed by atoms with van der Waals surface area (Å²) in [7, 11) is 1.84. The number of anilines is 1. The molecule has 4 heteroatoms. The van der Waals surface area contributed by atoms with Gasteiger partial charge in [0.15, 0.2) is 0 Å². The first-order chi connectivity index (χ1) is 7.67. The third-order valence-electron chi connectivity index (χ3n) is 2.31. The molecule has 0 amide bonds. The molecular formula is C12H16FN3. The molecule has 0 spiro atoms. The van der Waals surface area contributed by atoms with Gasteiger partial charge in [-0.3, -0.25) is 0 Å². The van der Waals surface area contributed by atoms with E-state index in [2.05, 4.69) is 11.4 Å². The summed E-state index contributed by atoms with van der Waals surface area (Å²) >= 11 is 0. The molecule has 0 bridgehead atoms. The van der Waals surface area contributed by atoms with Crippen LogP contribution in [-0.2, 0) is 0 Å². The van der Waals surface area contributed by atoms with E-state index in [1.54, 1.807) is 6.07 Å². The topological polar surface area (TPSA) is 39.1 Å². The molecule has 1 unspecified atom stereocenters. The number of benzene rings is 1. The van der Waals surface area contributed by atoms with Crippen molar-refractivity contribution in [1.82, 2.24) is 5.32 Å². The number of halogens is 1. The van der Waals surface area contributed by atoms with E-state index >= 15 is 0 Å². The van der Waals surface area contributed by atoms with E-state index in [9.17, 15) is 4.39 Å². The molecule has 0 saturated carbocycles. The summed E-state index contributed by atoms with van der Waals surface area (Å²) < 4.78 is 13.0. The van der Waals surface area contributed by atoms with Gasteiger partial charge in [0.05, 0.1) is 6.07 Å². The summed E-state index contributed by atoms with van der Waals surface area (Å²) in [6.07, 6.45) is 0. The zero-order valence-electron chi connectivity index (χ0n) is 9.57. The minimum absolute atomic E-state index is 0.238. The van der Waals surface area contributed by atoms with Gasteiger partial charge in [-0.2, -0.15) is 5.26 Å². The molecule has 1 aromatic rings. The van der Waals surface area contributed by atoms with Crippen molar-refractivity contribution in [3.8, 4) is 6.07 Å². The summed E-state index contributed by atoms with van der Waals surface area (Å²) in [6.45, 7) is 3.23. The predicted octanol–water partition coefficient (Wildman–Crippen LogP) is 1.76. The van der Waals surface area contributed by atoms with Gasteiger partial charge in [0.1, 0.15) is 11.9 Å². The van der Waals surface area contributed by atoms with Gasteiger partial charge in [0, 0.05) is 19.3 Å². The van der Waals surface area contributed by atoms with Crippen LogP contribution in [0.25, 0.3) is 0 Å². The summed E-state index contributed by atoms with van der Waals surface area (Å²) in [5.41, 5.74) is 0.776. The van der Waals surface area contributed by atoms with Crippen molar-refractivity contribution in [3.05, 3.63) is 30.1 Å². The monoisotopic (exact) mass is 221 g/mol. The Morgan fingerprint density at radius 2 is 2.31 bits per heavy atom. The van der Waals surface area contributed by atoms with Crippen LogP contribution in [0.15, 0.2) is 24.3 Å². The number of hydrogen-bond acceptors (Lipinski definition) is 3. The first-order valence-corrected chi connectivity index (χ1v) is 5.27. The molecular weight excluding hydrogens is 205 g/mol. The Balaban J connectivity index is 2.64. The second kappa shape index (κ2) is 6.09. The quantitative estimate of drug-likeness (QED) is 0.823. The largest absolute Gasteiger partial charge is 0.372 e. The van der Waals surface area contributed by atoms with Gasteiger partial charge >= 0.3 is 0 Å². The minimum Gasteiger partial charge on any atom is -0.372 e. The second-order valence-corrected chi connectivity index (χ2v) is 3.60. The van der Waals surface area contributed by atoms with Gasteiger partial charge in [0.25, 0.3) is 0 Å². The number of nitrogens with zero attached hydrogens (tertiary/aromatic N) is 2. The average molecular weight is 221 g/mol. The van der Waals surface area contributed by atoms with Gasteiger partial charge in [-0.1, -0.05) is 13.0 Å². The Labute approximate surface area is 95.5 Å². The third-order valence-corrected chi connectivity index (χ3v) is 2.31. The maximum Gasteiger partial charge on any atom is 0.125 e. The van der Waals surface area contributed by atoms with Gasteiger partial charge in [-0.15, -0.1) is 0 Å². The normalized spacial score (nSPS) is 11.9. The van der Waals surface area contributed by atoms with E-state index in [0.29, 0.717) is 6.54 Å². The molecule has 0 radical (unpaired) electrons. The van der Waals surface area contributed by atoms with Crippen molar-refractivity contribution in [2.24, 2.45) is 0 Å². The SMILES string of the molecule is CCNC(C#N)CN(C)c1cccc(F)c1. The van der Waals surface area contributed by atoms with Gasteiger partial charge < -0.3 is 10.2 Å². The lowest BCUT2D eigenvalue weighted by molar-refractivity contribution is 0.612. The summed E-state index contributed by atoms with van der Waals surface area (Å²) in [4.78, 5) is 1.86. The fourth-order valence-corrected chi connectivity index (χ4v) is 1.49. The Morgan fingerprint density at radius 3 is 2.88 bits per heavy atom. The fourth-order valence-electron chi connectivity index (χ4n) is 1.49. The molecule has 0 aliphatic carbocycles. The molecule has 0 aliphatic rings. The van der Waals surface area contributed by atoms with Gasteiger partial charge in [0.2, 0.25) is 0 Å². The van der Waals surface area contributed by atoms with Crippen molar-refractivity contribution in [1.29, 1.82) is 5.26 Å². The van der Waals surface area contributed by atoms with Crippen molar-refractivity contribution in [2.45, 2.75) is 13.0 Å². The number of nitrogens with one attached hydrogen (secondary N) is 1. The number of nitriles is 1. The molecule has 1 atom stereocenters. The van der Waals surface area contributed by atoms with E-state index in [1.165, 1.54) is 12.1 Å². The van der Waals surface area contributed by atoms with Crippen LogP contribution < -0.4 is 10.2 Å². The van der Waals surface area contributed by atoms with E-state index < -0.39 is 0 Å².